The first-order chi connectivity index (χ1) is 14.3. The Morgan fingerprint density at radius 1 is 0.828 bits per heavy atom. The molecule has 0 N–H and O–H groups in total. The molecule has 5 heteroatoms. The molecular weight excluding hydrogens is 366 g/mol. The van der Waals surface area contributed by atoms with Crippen LogP contribution in [0.2, 0.25) is 0 Å². The van der Waals surface area contributed by atoms with E-state index in [0.717, 1.165) is 11.1 Å². The molecule has 0 aliphatic carbocycles. The van der Waals surface area contributed by atoms with Crippen LogP contribution < -0.4 is 4.74 Å². The number of nitrogens with zero attached hydrogens (tertiary/aromatic N) is 1. The van der Waals surface area contributed by atoms with Crippen molar-refractivity contribution in [1.82, 2.24) is 4.98 Å². The third-order valence-electron chi connectivity index (χ3n) is 4.27. The van der Waals surface area contributed by atoms with Crippen LogP contribution >= 0.6 is 0 Å². The lowest BCUT2D eigenvalue weighted by Crippen LogP contribution is -2.08. The number of aromatic nitrogens is 1. The molecule has 5 nitrogen and oxygen atoms in total. The van der Waals surface area contributed by atoms with Gasteiger partial charge in [-0.2, -0.15) is 0 Å². The van der Waals surface area contributed by atoms with Crippen LogP contribution in [0.1, 0.15) is 21.6 Å². The molecule has 0 atom stereocenters. The molecule has 1 aromatic heterocycles. The summed E-state index contributed by atoms with van der Waals surface area (Å²) < 4.78 is 16.7. The number of esters is 1. The molecule has 3 aromatic carbocycles. The van der Waals surface area contributed by atoms with Gasteiger partial charge in [0.1, 0.15) is 36.5 Å². The van der Waals surface area contributed by atoms with Gasteiger partial charge in [-0.3, -0.25) is 0 Å². The standard InChI is InChI=1S/C24H19NO4/c26-24(29-17-20-16-28-23(25-20)19-11-5-2-6-12-19)21-13-7-8-14-22(21)27-15-18-9-3-1-4-10-18/h1-14,16H,15,17H2. The average Bonchev–Trinajstić information content (AvgIpc) is 3.27. The van der Waals surface area contributed by atoms with Crippen molar-refractivity contribution in [3.63, 3.8) is 0 Å². The van der Waals surface area contributed by atoms with E-state index in [-0.39, 0.29) is 6.61 Å². The van der Waals surface area contributed by atoms with E-state index in [1.807, 2.05) is 66.7 Å². The summed E-state index contributed by atoms with van der Waals surface area (Å²) in [5.74, 6) is 0.493. The Morgan fingerprint density at radius 2 is 1.52 bits per heavy atom. The van der Waals surface area contributed by atoms with Crippen molar-refractivity contribution < 1.29 is 18.7 Å². The lowest BCUT2D eigenvalue weighted by Gasteiger charge is -2.11. The first kappa shape index (κ1) is 18.5. The Morgan fingerprint density at radius 3 is 2.31 bits per heavy atom. The van der Waals surface area contributed by atoms with Crippen LogP contribution in [0.3, 0.4) is 0 Å². The topological polar surface area (TPSA) is 61.6 Å². The molecule has 0 radical (unpaired) electrons. The van der Waals surface area contributed by atoms with Gasteiger partial charge in [0.05, 0.1) is 0 Å². The third kappa shape index (κ3) is 4.71. The van der Waals surface area contributed by atoms with Gasteiger partial charge in [0.2, 0.25) is 5.89 Å². The normalized spacial score (nSPS) is 10.5. The van der Waals surface area contributed by atoms with Crippen molar-refractivity contribution in [2.45, 2.75) is 13.2 Å². The molecule has 4 aromatic rings. The molecule has 0 aliphatic heterocycles. The summed E-state index contributed by atoms with van der Waals surface area (Å²) in [6.07, 6.45) is 1.49. The molecule has 29 heavy (non-hydrogen) atoms. The molecule has 1 heterocycles. The van der Waals surface area contributed by atoms with Gasteiger partial charge in [0.25, 0.3) is 0 Å². The van der Waals surface area contributed by atoms with E-state index in [2.05, 4.69) is 4.98 Å². The van der Waals surface area contributed by atoms with Crippen molar-refractivity contribution >= 4 is 5.97 Å². The fraction of sp³-hybridized carbons (Fsp3) is 0.0833. The second-order valence-corrected chi connectivity index (χ2v) is 6.36. The summed E-state index contributed by atoms with van der Waals surface area (Å²) >= 11 is 0. The van der Waals surface area contributed by atoms with Crippen molar-refractivity contribution in [3.05, 3.63) is 108 Å². The summed E-state index contributed by atoms with van der Waals surface area (Å²) in [4.78, 5) is 16.9. The van der Waals surface area contributed by atoms with Crippen LogP contribution in [-0.4, -0.2) is 11.0 Å². The zero-order valence-corrected chi connectivity index (χ0v) is 15.7. The quantitative estimate of drug-likeness (QED) is 0.405. The average molecular weight is 385 g/mol. The maximum absolute atomic E-state index is 12.6. The fourth-order valence-electron chi connectivity index (χ4n) is 2.80. The van der Waals surface area contributed by atoms with Gasteiger partial charge in [-0.15, -0.1) is 0 Å². The minimum absolute atomic E-state index is 0.0161. The smallest absolute Gasteiger partial charge is 0.342 e. The van der Waals surface area contributed by atoms with Gasteiger partial charge >= 0.3 is 5.97 Å². The van der Waals surface area contributed by atoms with Crippen LogP contribution in [0.5, 0.6) is 5.75 Å². The highest BCUT2D eigenvalue weighted by molar-refractivity contribution is 5.92. The maximum atomic E-state index is 12.6. The van der Waals surface area contributed by atoms with Crippen LogP contribution in [0.25, 0.3) is 11.5 Å². The molecule has 0 aliphatic rings. The highest BCUT2D eigenvalue weighted by Gasteiger charge is 2.15. The fourth-order valence-corrected chi connectivity index (χ4v) is 2.80. The van der Waals surface area contributed by atoms with Gasteiger partial charge in [-0.1, -0.05) is 60.7 Å². The number of oxazole rings is 1. The minimum Gasteiger partial charge on any atom is -0.488 e. The number of hydrogen-bond donors (Lipinski definition) is 0. The molecule has 0 spiro atoms. The third-order valence-corrected chi connectivity index (χ3v) is 4.27. The molecular formula is C24H19NO4. The Hall–Kier alpha value is -3.86. The minimum atomic E-state index is -0.474. The van der Waals surface area contributed by atoms with Crippen molar-refractivity contribution in [1.29, 1.82) is 0 Å². The SMILES string of the molecule is O=C(OCc1coc(-c2ccccc2)n1)c1ccccc1OCc1ccccc1. The summed E-state index contributed by atoms with van der Waals surface area (Å²) in [5, 5.41) is 0. The number of benzene rings is 3. The van der Waals surface area contributed by atoms with Gasteiger partial charge < -0.3 is 13.9 Å². The van der Waals surface area contributed by atoms with Crippen molar-refractivity contribution in [2.24, 2.45) is 0 Å². The van der Waals surface area contributed by atoms with Gasteiger partial charge in [-0.05, 0) is 29.8 Å². The molecule has 0 fully saturated rings. The van der Waals surface area contributed by atoms with Crippen LogP contribution in [-0.2, 0) is 18.0 Å². The zero-order valence-electron chi connectivity index (χ0n) is 15.7. The summed E-state index contributed by atoms with van der Waals surface area (Å²) in [6, 6.07) is 26.3. The van der Waals surface area contributed by atoms with Gasteiger partial charge in [-0.25, -0.2) is 9.78 Å². The second-order valence-electron chi connectivity index (χ2n) is 6.36. The molecule has 0 amide bonds. The number of carbonyl (C=O) groups is 1. The Labute approximate surface area is 168 Å². The predicted molar refractivity (Wildman–Crippen MR) is 108 cm³/mol. The first-order valence-corrected chi connectivity index (χ1v) is 9.22. The van der Waals surface area contributed by atoms with Crippen LogP contribution in [0.15, 0.2) is 95.6 Å². The predicted octanol–water partition coefficient (Wildman–Crippen LogP) is 5.28. The first-order valence-electron chi connectivity index (χ1n) is 9.22. The molecule has 0 saturated heterocycles. The number of hydrogen-bond acceptors (Lipinski definition) is 5. The van der Waals surface area contributed by atoms with E-state index in [1.54, 1.807) is 18.2 Å². The monoisotopic (exact) mass is 385 g/mol. The molecule has 0 saturated carbocycles. The lowest BCUT2D eigenvalue weighted by atomic mass is 10.2. The van der Waals surface area contributed by atoms with Crippen molar-refractivity contribution in [3.8, 4) is 17.2 Å². The van der Waals surface area contributed by atoms with E-state index in [4.69, 9.17) is 13.9 Å². The van der Waals surface area contributed by atoms with E-state index in [0.29, 0.717) is 29.5 Å². The summed E-state index contributed by atoms with van der Waals surface area (Å²) in [7, 11) is 0. The number of carbonyl (C=O) groups excluding carboxylic acids is 1. The zero-order chi connectivity index (χ0) is 19.9. The summed E-state index contributed by atoms with van der Waals surface area (Å²) in [6.45, 7) is 0.386. The van der Waals surface area contributed by atoms with Crippen LogP contribution in [0, 0.1) is 0 Å². The highest BCUT2D eigenvalue weighted by atomic mass is 16.5. The molecule has 4 rings (SSSR count). The second kappa shape index (κ2) is 8.89. The number of rotatable bonds is 7. The van der Waals surface area contributed by atoms with E-state index in [1.165, 1.54) is 6.26 Å². The largest absolute Gasteiger partial charge is 0.488 e. The lowest BCUT2D eigenvalue weighted by molar-refractivity contribution is 0.0462. The van der Waals surface area contributed by atoms with Crippen molar-refractivity contribution in [2.75, 3.05) is 0 Å². The summed E-state index contributed by atoms with van der Waals surface area (Å²) in [5.41, 5.74) is 2.80. The van der Waals surface area contributed by atoms with E-state index >= 15 is 0 Å². The Bertz CT molecular complexity index is 1070. The van der Waals surface area contributed by atoms with Crippen LogP contribution in [0.4, 0.5) is 0 Å². The molecule has 0 unspecified atom stereocenters. The van der Waals surface area contributed by atoms with Gasteiger partial charge in [0, 0.05) is 5.56 Å². The number of ether oxygens (including phenoxy) is 2. The van der Waals surface area contributed by atoms with E-state index in [9.17, 15) is 4.79 Å². The maximum Gasteiger partial charge on any atom is 0.342 e. The van der Waals surface area contributed by atoms with E-state index < -0.39 is 5.97 Å². The molecule has 144 valence electrons. The molecule has 0 bridgehead atoms. The highest BCUT2D eigenvalue weighted by Crippen LogP contribution is 2.22. The Kier molecular flexibility index (Phi) is 5.67. The number of para-hydroxylation sites is 1. The Balaban J connectivity index is 1.39. The van der Waals surface area contributed by atoms with Gasteiger partial charge in [0.15, 0.2) is 0 Å².